The summed E-state index contributed by atoms with van der Waals surface area (Å²) in [5.41, 5.74) is 2.29. The number of aromatic nitrogens is 2. The second kappa shape index (κ2) is 7.62. The van der Waals surface area contributed by atoms with Gasteiger partial charge in [0.25, 0.3) is 5.91 Å². The molecule has 7 nitrogen and oxygen atoms in total. The summed E-state index contributed by atoms with van der Waals surface area (Å²) in [4.78, 5) is 33.0. The summed E-state index contributed by atoms with van der Waals surface area (Å²) in [5, 5.41) is 12.7. The van der Waals surface area contributed by atoms with Gasteiger partial charge in [-0.15, -0.1) is 11.3 Å². The fraction of sp³-hybridized carbons (Fsp3) is 0.389. The Bertz CT molecular complexity index is 883. The molecule has 1 aliphatic rings. The normalized spacial score (nSPS) is 15.7. The summed E-state index contributed by atoms with van der Waals surface area (Å²) in [6.07, 6.45) is 5.57. The third-order valence-electron chi connectivity index (χ3n) is 4.20. The summed E-state index contributed by atoms with van der Waals surface area (Å²) >= 11 is 1.43. The molecular formula is C18H18N4O3S. The van der Waals surface area contributed by atoms with Gasteiger partial charge in [0, 0.05) is 11.1 Å². The van der Waals surface area contributed by atoms with Gasteiger partial charge >= 0.3 is 5.97 Å². The van der Waals surface area contributed by atoms with E-state index in [1.165, 1.54) is 23.7 Å². The van der Waals surface area contributed by atoms with Crippen LogP contribution in [0.25, 0.3) is 0 Å². The molecule has 0 fully saturated rings. The molecule has 0 spiro atoms. The number of nitrogens with zero attached hydrogens (tertiary/aromatic N) is 3. The number of hydrogen-bond donors (Lipinski definition) is 1. The van der Waals surface area contributed by atoms with Gasteiger partial charge in [0.05, 0.1) is 17.5 Å². The van der Waals surface area contributed by atoms with Gasteiger partial charge in [-0.3, -0.25) is 9.78 Å². The lowest BCUT2D eigenvalue weighted by atomic mass is 9.89. The molecule has 0 saturated carbocycles. The highest BCUT2D eigenvalue weighted by Gasteiger charge is 2.25. The molecule has 134 valence electrons. The summed E-state index contributed by atoms with van der Waals surface area (Å²) in [5.74, 6) is -0.623. The average Bonchev–Trinajstić information content (AvgIpc) is 2.96. The van der Waals surface area contributed by atoms with Gasteiger partial charge in [0.15, 0.2) is 12.3 Å². The van der Waals surface area contributed by atoms with E-state index in [2.05, 4.69) is 28.3 Å². The van der Waals surface area contributed by atoms with E-state index in [4.69, 9.17) is 4.74 Å². The van der Waals surface area contributed by atoms with Crippen molar-refractivity contribution in [3.63, 3.8) is 0 Å². The molecule has 2 aromatic rings. The summed E-state index contributed by atoms with van der Waals surface area (Å²) in [7, 11) is 0. The van der Waals surface area contributed by atoms with Crippen LogP contribution in [0.15, 0.2) is 12.4 Å². The van der Waals surface area contributed by atoms with E-state index in [0.29, 0.717) is 22.2 Å². The Morgan fingerprint density at radius 1 is 1.42 bits per heavy atom. The molecule has 2 heterocycles. The molecule has 0 aliphatic heterocycles. The van der Waals surface area contributed by atoms with Gasteiger partial charge in [0.1, 0.15) is 11.1 Å². The molecule has 3 rings (SSSR count). The van der Waals surface area contributed by atoms with E-state index in [1.54, 1.807) is 6.92 Å². The fourth-order valence-electron chi connectivity index (χ4n) is 2.82. The van der Waals surface area contributed by atoms with E-state index >= 15 is 0 Å². The molecule has 1 aliphatic carbocycles. The van der Waals surface area contributed by atoms with Crippen LogP contribution in [-0.4, -0.2) is 28.5 Å². The number of esters is 1. The van der Waals surface area contributed by atoms with Gasteiger partial charge in [-0.05, 0) is 37.7 Å². The number of thiophene rings is 1. The average molecular weight is 370 g/mol. The lowest BCUT2D eigenvalue weighted by molar-refractivity contribution is -0.119. The fourth-order valence-corrected chi connectivity index (χ4v) is 4.20. The van der Waals surface area contributed by atoms with Crippen LogP contribution in [0, 0.1) is 24.2 Å². The monoisotopic (exact) mass is 370 g/mol. The SMILES string of the molecule is Cc1cnc(C(=O)OCC(=O)Nc2sc3c(c2C#N)CC[C@H](C)C3)cn1. The minimum Gasteiger partial charge on any atom is -0.451 e. The first-order valence-corrected chi connectivity index (χ1v) is 9.09. The van der Waals surface area contributed by atoms with Crippen molar-refractivity contribution in [2.75, 3.05) is 11.9 Å². The lowest BCUT2D eigenvalue weighted by Crippen LogP contribution is -2.21. The van der Waals surface area contributed by atoms with Crippen molar-refractivity contribution in [3.8, 4) is 6.07 Å². The standard InChI is InChI=1S/C18H18N4O3S/c1-10-3-4-12-13(6-19)17(26-15(12)5-10)22-16(23)9-25-18(24)14-8-20-11(2)7-21-14/h7-8,10H,3-5,9H2,1-2H3,(H,22,23)/t10-/m0/s1. The quantitative estimate of drug-likeness (QED) is 0.830. The van der Waals surface area contributed by atoms with Gasteiger partial charge < -0.3 is 10.1 Å². The molecular weight excluding hydrogens is 352 g/mol. The van der Waals surface area contributed by atoms with Crippen molar-refractivity contribution < 1.29 is 14.3 Å². The first-order valence-electron chi connectivity index (χ1n) is 8.28. The number of carbonyl (C=O) groups is 2. The molecule has 1 N–H and O–H groups in total. The molecule has 0 bridgehead atoms. The minimum atomic E-state index is -0.715. The number of nitriles is 1. The van der Waals surface area contributed by atoms with Gasteiger partial charge in [0.2, 0.25) is 0 Å². The summed E-state index contributed by atoms with van der Waals surface area (Å²) in [6.45, 7) is 3.49. The number of amides is 1. The second-order valence-electron chi connectivity index (χ2n) is 6.34. The largest absolute Gasteiger partial charge is 0.451 e. The molecule has 0 saturated heterocycles. The molecule has 8 heteroatoms. The number of carbonyl (C=O) groups excluding carboxylic acids is 2. The van der Waals surface area contributed by atoms with Crippen LogP contribution in [-0.2, 0) is 22.4 Å². The van der Waals surface area contributed by atoms with Crippen molar-refractivity contribution in [1.82, 2.24) is 9.97 Å². The zero-order chi connectivity index (χ0) is 18.7. The molecule has 1 amide bonds. The van der Waals surface area contributed by atoms with Gasteiger partial charge in [-0.2, -0.15) is 5.26 Å². The van der Waals surface area contributed by atoms with Crippen LogP contribution >= 0.6 is 11.3 Å². The number of ether oxygens (including phenoxy) is 1. The Hall–Kier alpha value is -2.79. The Morgan fingerprint density at radius 3 is 2.92 bits per heavy atom. The number of rotatable bonds is 4. The van der Waals surface area contributed by atoms with Crippen molar-refractivity contribution in [1.29, 1.82) is 5.26 Å². The maximum atomic E-state index is 12.1. The Labute approximate surface area is 155 Å². The maximum absolute atomic E-state index is 12.1. The summed E-state index contributed by atoms with van der Waals surface area (Å²) < 4.78 is 4.96. The van der Waals surface area contributed by atoms with E-state index in [1.807, 2.05) is 0 Å². The number of nitrogens with one attached hydrogen (secondary N) is 1. The Morgan fingerprint density at radius 2 is 2.23 bits per heavy atom. The predicted molar refractivity (Wildman–Crippen MR) is 95.9 cm³/mol. The predicted octanol–water partition coefficient (Wildman–Crippen LogP) is 2.64. The highest BCUT2D eigenvalue weighted by molar-refractivity contribution is 7.16. The lowest BCUT2D eigenvalue weighted by Gasteiger charge is -2.17. The van der Waals surface area contributed by atoms with Crippen molar-refractivity contribution in [2.24, 2.45) is 5.92 Å². The van der Waals surface area contributed by atoms with Crippen LogP contribution in [0.2, 0.25) is 0 Å². The molecule has 0 unspecified atom stereocenters. The van der Waals surface area contributed by atoms with E-state index in [-0.39, 0.29) is 5.69 Å². The van der Waals surface area contributed by atoms with E-state index in [9.17, 15) is 14.9 Å². The first kappa shape index (κ1) is 18.0. The third-order valence-corrected chi connectivity index (χ3v) is 5.37. The topological polar surface area (TPSA) is 105 Å². The van der Waals surface area contributed by atoms with Gasteiger partial charge in [-0.1, -0.05) is 6.92 Å². The van der Waals surface area contributed by atoms with Crippen molar-refractivity contribution in [3.05, 3.63) is 39.8 Å². The maximum Gasteiger partial charge on any atom is 0.359 e. The van der Waals surface area contributed by atoms with Crippen LogP contribution in [0.1, 0.15) is 45.5 Å². The molecule has 2 aromatic heterocycles. The number of aryl methyl sites for hydroxylation is 1. The first-order chi connectivity index (χ1) is 12.5. The Balaban J connectivity index is 1.63. The Kier molecular flexibility index (Phi) is 5.28. The van der Waals surface area contributed by atoms with Crippen LogP contribution in [0.5, 0.6) is 0 Å². The molecule has 26 heavy (non-hydrogen) atoms. The number of fused-ring (bicyclic) bond motifs is 1. The van der Waals surface area contributed by atoms with Crippen molar-refractivity contribution >= 4 is 28.2 Å². The summed E-state index contributed by atoms with van der Waals surface area (Å²) in [6, 6.07) is 2.19. The minimum absolute atomic E-state index is 0.0432. The highest BCUT2D eigenvalue weighted by atomic mass is 32.1. The zero-order valence-electron chi connectivity index (χ0n) is 14.5. The van der Waals surface area contributed by atoms with Crippen molar-refractivity contribution in [2.45, 2.75) is 33.1 Å². The van der Waals surface area contributed by atoms with Crippen LogP contribution in [0.4, 0.5) is 5.00 Å². The zero-order valence-corrected chi connectivity index (χ0v) is 15.4. The van der Waals surface area contributed by atoms with E-state index in [0.717, 1.165) is 29.7 Å². The van der Waals surface area contributed by atoms with Gasteiger partial charge in [-0.25, -0.2) is 9.78 Å². The number of anilines is 1. The molecule has 0 radical (unpaired) electrons. The smallest absolute Gasteiger partial charge is 0.359 e. The highest BCUT2D eigenvalue weighted by Crippen LogP contribution is 2.39. The number of hydrogen-bond acceptors (Lipinski definition) is 7. The van der Waals surface area contributed by atoms with Crippen LogP contribution in [0.3, 0.4) is 0 Å². The second-order valence-corrected chi connectivity index (χ2v) is 7.44. The molecule has 1 atom stereocenters. The third kappa shape index (κ3) is 3.89. The molecule has 0 aromatic carbocycles. The van der Waals surface area contributed by atoms with E-state index < -0.39 is 18.5 Å². The van der Waals surface area contributed by atoms with Crippen LogP contribution < -0.4 is 5.32 Å².